The molecule has 0 radical (unpaired) electrons. The normalized spacial score (nSPS) is 9.57. The van der Waals surface area contributed by atoms with Gasteiger partial charge in [0, 0.05) is 20.1 Å². The molecule has 1 aromatic carbocycles. The van der Waals surface area contributed by atoms with Gasteiger partial charge in [-0.1, -0.05) is 24.3 Å². The number of amides is 2. The summed E-state index contributed by atoms with van der Waals surface area (Å²) in [4.78, 5) is 10.9. The largest absolute Gasteiger partial charge is 0.341 e. The van der Waals surface area contributed by atoms with Crippen molar-refractivity contribution >= 4 is 6.03 Å². The van der Waals surface area contributed by atoms with E-state index in [-0.39, 0.29) is 6.03 Å². The number of urea groups is 1. The van der Waals surface area contributed by atoms with Gasteiger partial charge in [-0.25, -0.2) is 4.79 Å². The first-order valence-electron chi connectivity index (χ1n) is 4.49. The van der Waals surface area contributed by atoms with Crippen molar-refractivity contribution in [1.82, 2.24) is 10.6 Å². The van der Waals surface area contributed by atoms with E-state index in [1.165, 1.54) is 0 Å². The Balaban J connectivity index is 2.47. The van der Waals surface area contributed by atoms with Crippen molar-refractivity contribution < 1.29 is 4.79 Å². The molecule has 0 spiro atoms. The minimum absolute atomic E-state index is 0.173. The Bertz CT molecular complexity index is 295. The number of hydrogen-bond donors (Lipinski definition) is 3. The minimum atomic E-state index is -0.173. The Morgan fingerprint density at radius 1 is 1.29 bits per heavy atom. The van der Waals surface area contributed by atoms with Crippen LogP contribution in [-0.2, 0) is 13.1 Å². The minimum Gasteiger partial charge on any atom is -0.341 e. The zero-order chi connectivity index (χ0) is 10.4. The van der Waals surface area contributed by atoms with E-state index in [9.17, 15) is 4.79 Å². The van der Waals surface area contributed by atoms with E-state index < -0.39 is 0 Å². The molecule has 4 heteroatoms. The van der Waals surface area contributed by atoms with Gasteiger partial charge in [0.1, 0.15) is 0 Å². The van der Waals surface area contributed by atoms with Gasteiger partial charge in [0.15, 0.2) is 0 Å². The Morgan fingerprint density at radius 3 is 2.36 bits per heavy atom. The number of nitrogens with two attached hydrogens (primary N) is 1. The molecule has 2 amide bonds. The second-order valence-corrected chi connectivity index (χ2v) is 2.95. The molecule has 0 saturated carbocycles. The van der Waals surface area contributed by atoms with Gasteiger partial charge in [-0.05, 0) is 11.1 Å². The average Bonchev–Trinajstić information content (AvgIpc) is 2.26. The maximum absolute atomic E-state index is 10.9. The summed E-state index contributed by atoms with van der Waals surface area (Å²) < 4.78 is 0. The number of hydrogen-bond acceptors (Lipinski definition) is 2. The van der Waals surface area contributed by atoms with Crippen LogP contribution in [0.3, 0.4) is 0 Å². The van der Waals surface area contributed by atoms with Crippen LogP contribution in [0.25, 0.3) is 0 Å². The Hall–Kier alpha value is -1.55. The second-order valence-electron chi connectivity index (χ2n) is 2.95. The number of rotatable bonds is 3. The SMILES string of the molecule is CNC(=O)NCc1ccc(CN)cc1. The molecule has 0 heterocycles. The van der Waals surface area contributed by atoms with Crippen molar-refractivity contribution in [3.8, 4) is 0 Å². The average molecular weight is 193 g/mol. The monoisotopic (exact) mass is 193 g/mol. The molecule has 14 heavy (non-hydrogen) atoms. The van der Waals surface area contributed by atoms with Gasteiger partial charge < -0.3 is 16.4 Å². The van der Waals surface area contributed by atoms with Gasteiger partial charge >= 0.3 is 6.03 Å². The highest BCUT2D eigenvalue weighted by atomic mass is 16.2. The van der Waals surface area contributed by atoms with Crippen LogP contribution in [0, 0.1) is 0 Å². The van der Waals surface area contributed by atoms with Gasteiger partial charge in [0.05, 0.1) is 0 Å². The van der Waals surface area contributed by atoms with Crippen LogP contribution in [0.15, 0.2) is 24.3 Å². The molecule has 0 aliphatic heterocycles. The lowest BCUT2D eigenvalue weighted by molar-refractivity contribution is 0.242. The van der Waals surface area contributed by atoms with E-state index in [1.54, 1.807) is 7.05 Å². The molecule has 0 aromatic heterocycles. The number of carbonyl (C=O) groups excluding carboxylic acids is 1. The molecule has 1 aromatic rings. The summed E-state index contributed by atoms with van der Waals surface area (Å²) in [5.41, 5.74) is 7.62. The zero-order valence-electron chi connectivity index (χ0n) is 8.21. The highest BCUT2D eigenvalue weighted by molar-refractivity contribution is 5.73. The topological polar surface area (TPSA) is 67.2 Å². The van der Waals surface area contributed by atoms with E-state index in [2.05, 4.69) is 10.6 Å². The van der Waals surface area contributed by atoms with Crippen molar-refractivity contribution in [3.05, 3.63) is 35.4 Å². The molecule has 0 atom stereocenters. The smallest absolute Gasteiger partial charge is 0.314 e. The predicted molar refractivity (Wildman–Crippen MR) is 55.6 cm³/mol. The number of nitrogens with one attached hydrogen (secondary N) is 2. The molecule has 0 bridgehead atoms. The summed E-state index contributed by atoms with van der Waals surface area (Å²) in [5.74, 6) is 0. The van der Waals surface area contributed by atoms with Gasteiger partial charge in [-0.15, -0.1) is 0 Å². The first kappa shape index (κ1) is 10.5. The van der Waals surface area contributed by atoms with E-state index in [0.29, 0.717) is 13.1 Å². The van der Waals surface area contributed by atoms with Crippen LogP contribution in [0.5, 0.6) is 0 Å². The van der Waals surface area contributed by atoms with Gasteiger partial charge in [0.2, 0.25) is 0 Å². The van der Waals surface area contributed by atoms with Crippen LogP contribution >= 0.6 is 0 Å². The highest BCUT2D eigenvalue weighted by Crippen LogP contribution is 2.02. The first-order valence-corrected chi connectivity index (χ1v) is 4.49. The Kier molecular flexibility index (Phi) is 3.94. The van der Waals surface area contributed by atoms with Crippen molar-refractivity contribution in [3.63, 3.8) is 0 Å². The third kappa shape index (κ3) is 3.06. The van der Waals surface area contributed by atoms with Crippen LogP contribution in [0.1, 0.15) is 11.1 Å². The first-order chi connectivity index (χ1) is 6.76. The molecule has 4 nitrogen and oxygen atoms in total. The fraction of sp³-hybridized carbons (Fsp3) is 0.300. The second kappa shape index (κ2) is 5.24. The molecule has 0 aliphatic rings. The Morgan fingerprint density at radius 2 is 1.86 bits per heavy atom. The molecule has 4 N–H and O–H groups in total. The Labute approximate surface area is 83.5 Å². The molecular weight excluding hydrogens is 178 g/mol. The third-order valence-electron chi connectivity index (χ3n) is 1.94. The molecule has 76 valence electrons. The molecule has 0 fully saturated rings. The maximum Gasteiger partial charge on any atom is 0.314 e. The summed E-state index contributed by atoms with van der Waals surface area (Å²) >= 11 is 0. The number of carbonyl (C=O) groups is 1. The highest BCUT2D eigenvalue weighted by Gasteiger charge is 1.96. The molecule has 0 saturated heterocycles. The van der Waals surface area contributed by atoms with Crippen molar-refractivity contribution in [2.24, 2.45) is 5.73 Å². The lowest BCUT2D eigenvalue weighted by Crippen LogP contribution is -2.32. The molecule has 0 unspecified atom stereocenters. The van der Waals surface area contributed by atoms with Crippen molar-refractivity contribution in [1.29, 1.82) is 0 Å². The summed E-state index contributed by atoms with van der Waals surface area (Å²) in [5, 5.41) is 5.19. The van der Waals surface area contributed by atoms with Crippen LogP contribution in [0.2, 0.25) is 0 Å². The maximum atomic E-state index is 10.9. The van der Waals surface area contributed by atoms with Crippen LogP contribution in [-0.4, -0.2) is 13.1 Å². The van der Waals surface area contributed by atoms with E-state index in [4.69, 9.17) is 5.73 Å². The zero-order valence-corrected chi connectivity index (χ0v) is 8.21. The molecule has 1 rings (SSSR count). The van der Waals surface area contributed by atoms with Crippen molar-refractivity contribution in [2.45, 2.75) is 13.1 Å². The van der Waals surface area contributed by atoms with Gasteiger partial charge in [-0.2, -0.15) is 0 Å². The van der Waals surface area contributed by atoms with E-state index >= 15 is 0 Å². The van der Waals surface area contributed by atoms with Gasteiger partial charge in [-0.3, -0.25) is 0 Å². The summed E-state index contributed by atoms with van der Waals surface area (Å²) in [6.07, 6.45) is 0. The quantitative estimate of drug-likeness (QED) is 0.657. The lowest BCUT2D eigenvalue weighted by Gasteiger charge is -2.04. The summed E-state index contributed by atoms with van der Waals surface area (Å²) in [6, 6.07) is 7.66. The summed E-state index contributed by atoms with van der Waals surface area (Å²) in [7, 11) is 1.59. The lowest BCUT2D eigenvalue weighted by atomic mass is 10.1. The fourth-order valence-corrected chi connectivity index (χ4v) is 1.06. The van der Waals surface area contributed by atoms with E-state index in [1.807, 2.05) is 24.3 Å². The predicted octanol–water partition coefficient (Wildman–Crippen LogP) is 0.574. The van der Waals surface area contributed by atoms with Gasteiger partial charge in [0.25, 0.3) is 0 Å². The molecule has 0 aliphatic carbocycles. The van der Waals surface area contributed by atoms with Crippen molar-refractivity contribution in [2.75, 3.05) is 7.05 Å². The standard InChI is InChI=1S/C10H15N3O/c1-12-10(14)13-7-9-4-2-8(6-11)3-5-9/h2-5H,6-7,11H2,1H3,(H2,12,13,14). The van der Waals surface area contributed by atoms with Crippen LogP contribution < -0.4 is 16.4 Å². The summed E-state index contributed by atoms with van der Waals surface area (Å²) in [6.45, 7) is 1.08. The number of benzene rings is 1. The fourth-order valence-electron chi connectivity index (χ4n) is 1.06. The molecular formula is C10H15N3O. The third-order valence-corrected chi connectivity index (χ3v) is 1.94. The van der Waals surface area contributed by atoms with Crippen LogP contribution in [0.4, 0.5) is 4.79 Å². The van der Waals surface area contributed by atoms with E-state index in [0.717, 1.165) is 11.1 Å².